The number of hydrogen-bond donors (Lipinski definition) is 0. The van der Waals surface area contributed by atoms with Gasteiger partial charge in [0.1, 0.15) is 16.1 Å². The van der Waals surface area contributed by atoms with E-state index in [-0.39, 0.29) is 23.7 Å². The van der Waals surface area contributed by atoms with Gasteiger partial charge in [-0.15, -0.1) is 11.3 Å². The number of benzene rings is 1. The van der Waals surface area contributed by atoms with Crippen LogP contribution in [0.4, 0.5) is 15.3 Å². The van der Waals surface area contributed by atoms with E-state index in [0.717, 1.165) is 4.90 Å². The second-order valence-electron chi connectivity index (χ2n) is 10.1. The maximum absolute atomic E-state index is 13.3. The predicted molar refractivity (Wildman–Crippen MR) is 132 cm³/mol. The molecule has 1 aliphatic heterocycles. The van der Waals surface area contributed by atoms with Crippen molar-refractivity contribution in [2.75, 3.05) is 19.1 Å². The highest BCUT2D eigenvalue weighted by molar-refractivity contribution is 7.14. The number of amides is 3. The molecule has 2 heterocycles. The van der Waals surface area contributed by atoms with Gasteiger partial charge in [-0.2, -0.15) is 4.90 Å². The normalized spacial score (nSPS) is 13.4. The van der Waals surface area contributed by atoms with Crippen LogP contribution in [0.5, 0.6) is 0 Å². The van der Waals surface area contributed by atoms with Crippen LogP contribution in [-0.4, -0.2) is 54.3 Å². The van der Waals surface area contributed by atoms with E-state index in [9.17, 15) is 19.2 Å². The topological polar surface area (TPSA) is 102 Å². The first-order chi connectivity index (χ1) is 16.1. The van der Waals surface area contributed by atoms with E-state index in [1.165, 1.54) is 23.3 Å². The minimum absolute atomic E-state index is 0.116. The molecule has 0 spiro atoms. The first kappa shape index (κ1) is 26.2. The van der Waals surface area contributed by atoms with Crippen LogP contribution in [0, 0.1) is 0 Å². The Bertz CT molecular complexity index is 1160. The highest BCUT2D eigenvalue weighted by atomic mass is 32.1. The van der Waals surface area contributed by atoms with E-state index in [2.05, 4.69) is 0 Å². The Morgan fingerprint density at radius 3 is 2.06 bits per heavy atom. The third kappa shape index (κ3) is 5.64. The number of thiophene rings is 1. The van der Waals surface area contributed by atoms with Gasteiger partial charge in [-0.1, -0.05) is 6.07 Å². The zero-order valence-corrected chi connectivity index (χ0v) is 22.0. The van der Waals surface area contributed by atoms with Gasteiger partial charge in [-0.25, -0.2) is 14.4 Å². The van der Waals surface area contributed by atoms with Crippen molar-refractivity contribution in [1.82, 2.24) is 4.90 Å². The predicted octanol–water partition coefficient (Wildman–Crippen LogP) is 5.46. The molecule has 2 aromatic rings. The van der Waals surface area contributed by atoms with Crippen molar-refractivity contribution in [3.63, 3.8) is 0 Å². The Balaban J connectivity index is 2.30. The zero-order valence-electron chi connectivity index (χ0n) is 21.2. The van der Waals surface area contributed by atoms with Crippen LogP contribution >= 0.6 is 11.3 Å². The molecule has 3 rings (SSSR count). The average Bonchev–Trinajstić information content (AvgIpc) is 3.09. The largest absolute Gasteiger partial charge is 0.465 e. The molecule has 1 aromatic carbocycles. The summed E-state index contributed by atoms with van der Waals surface area (Å²) in [4.78, 5) is 55.5. The molecule has 0 aliphatic carbocycles. The van der Waals surface area contributed by atoms with Gasteiger partial charge in [0.05, 0.1) is 19.3 Å². The fraction of sp³-hybridized carbons (Fsp3) is 0.440. The Kier molecular flexibility index (Phi) is 6.99. The highest BCUT2D eigenvalue weighted by Crippen LogP contribution is 2.43. The number of imide groups is 1. The van der Waals surface area contributed by atoms with Crippen LogP contribution < -0.4 is 4.90 Å². The number of methoxy groups -OCH3 is 1. The Morgan fingerprint density at radius 2 is 1.54 bits per heavy atom. The smallest absolute Gasteiger partial charge is 0.424 e. The molecule has 0 saturated carbocycles. The quantitative estimate of drug-likeness (QED) is 0.397. The molecule has 9 nitrogen and oxygen atoms in total. The molecule has 0 unspecified atom stereocenters. The van der Waals surface area contributed by atoms with Crippen LogP contribution in [0.15, 0.2) is 24.3 Å². The van der Waals surface area contributed by atoms with Gasteiger partial charge in [0, 0.05) is 28.6 Å². The van der Waals surface area contributed by atoms with Crippen LogP contribution in [0.2, 0.25) is 0 Å². The third-order valence-electron chi connectivity index (χ3n) is 4.86. The second kappa shape index (κ2) is 9.33. The lowest BCUT2D eigenvalue weighted by Gasteiger charge is -2.30. The summed E-state index contributed by atoms with van der Waals surface area (Å²) < 4.78 is 15.9. The summed E-state index contributed by atoms with van der Waals surface area (Å²) in [6.07, 6.45) is -1.90. The lowest BCUT2D eigenvalue weighted by Crippen LogP contribution is -2.44. The first-order valence-corrected chi connectivity index (χ1v) is 11.8. The highest BCUT2D eigenvalue weighted by Gasteiger charge is 2.37. The monoisotopic (exact) mass is 502 g/mol. The maximum atomic E-state index is 13.3. The lowest BCUT2D eigenvalue weighted by molar-refractivity contribution is 0.0429. The number of fused-ring (bicyclic) bond motifs is 3. The summed E-state index contributed by atoms with van der Waals surface area (Å²) >= 11 is 1.19. The standard InChI is InChI=1S/C25H30N2O7S/c1-24(2,3)33-22(30)27(23(31)34-25(4,5)6)16-11-9-10-14-19(16)15-12-17(21(29)32-8)35-18(15)13-26(7)20(14)28/h9-12H,13H2,1-8H3. The van der Waals surface area contributed by atoms with Crippen molar-refractivity contribution < 1.29 is 33.4 Å². The first-order valence-electron chi connectivity index (χ1n) is 11.0. The summed E-state index contributed by atoms with van der Waals surface area (Å²) in [7, 11) is 2.93. The summed E-state index contributed by atoms with van der Waals surface area (Å²) in [5.74, 6) is -0.814. The van der Waals surface area contributed by atoms with Crippen molar-refractivity contribution in [3.05, 3.63) is 39.6 Å². The molecule has 1 aromatic heterocycles. The summed E-state index contributed by atoms with van der Waals surface area (Å²) in [5, 5.41) is 0. The molecule has 3 amide bonds. The van der Waals surface area contributed by atoms with E-state index in [0.29, 0.717) is 20.9 Å². The van der Waals surface area contributed by atoms with Gasteiger partial charge in [-0.05, 0) is 59.7 Å². The number of ether oxygens (including phenoxy) is 3. The number of hydrogen-bond acceptors (Lipinski definition) is 8. The van der Waals surface area contributed by atoms with Gasteiger partial charge in [0.15, 0.2) is 0 Å². The molecular weight excluding hydrogens is 472 g/mol. The number of rotatable bonds is 2. The van der Waals surface area contributed by atoms with Crippen LogP contribution in [0.1, 0.15) is 66.4 Å². The van der Waals surface area contributed by atoms with Crippen molar-refractivity contribution >= 4 is 41.1 Å². The lowest BCUT2D eigenvalue weighted by atomic mass is 9.97. The Hall–Kier alpha value is -3.40. The minimum Gasteiger partial charge on any atom is -0.465 e. The summed E-state index contributed by atoms with van der Waals surface area (Å²) in [5.41, 5.74) is -0.522. The molecule has 0 N–H and O–H groups in total. The molecule has 0 bridgehead atoms. The maximum Gasteiger partial charge on any atom is 0.424 e. The van der Waals surface area contributed by atoms with Crippen LogP contribution in [0.25, 0.3) is 11.1 Å². The number of esters is 1. The van der Waals surface area contributed by atoms with Gasteiger partial charge in [0.25, 0.3) is 5.91 Å². The van der Waals surface area contributed by atoms with E-state index in [1.54, 1.807) is 72.9 Å². The number of carbonyl (C=O) groups excluding carboxylic acids is 4. The summed E-state index contributed by atoms with van der Waals surface area (Å²) in [6.45, 7) is 10.3. The molecule has 0 fully saturated rings. The minimum atomic E-state index is -0.949. The van der Waals surface area contributed by atoms with Gasteiger partial charge in [0.2, 0.25) is 0 Å². The average molecular weight is 503 g/mol. The number of carbonyl (C=O) groups is 4. The SMILES string of the molecule is COC(=O)c1cc2c(s1)CN(C)C(=O)c1cccc(N(C(=O)OC(C)(C)C)C(=O)OC(C)(C)C)c1-2. The van der Waals surface area contributed by atoms with E-state index >= 15 is 0 Å². The van der Waals surface area contributed by atoms with E-state index in [1.807, 2.05) is 0 Å². The molecule has 10 heteroatoms. The Labute approximate surface area is 208 Å². The van der Waals surface area contributed by atoms with Crippen molar-refractivity contribution in [2.24, 2.45) is 0 Å². The fourth-order valence-corrected chi connectivity index (χ4v) is 4.66. The van der Waals surface area contributed by atoms with Gasteiger partial charge in [-0.3, -0.25) is 4.79 Å². The number of anilines is 1. The molecule has 0 saturated heterocycles. The molecule has 0 atom stereocenters. The van der Waals surface area contributed by atoms with Crippen molar-refractivity contribution in [2.45, 2.75) is 59.3 Å². The number of nitrogens with zero attached hydrogens (tertiary/aromatic N) is 2. The van der Waals surface area contributed by atoms with Crippen LogP contribution in [-0.2, 0) is 20.8 Å². The Morgan fingerprint density at radius 1 is 0.971 bits per heavy atom. The van der Waals surface area contributed by atoms with Gasteiger partial charge < -0.3 is 19.1 Å². The van der Waals surface area contributed by atoms with Gasteiger partial charge >= 0.3 is 18.2 Å². The molecule has 1 aliphatic rings. The fourth-order valence-electron chi connectivity index (χ4n) is 3.53. The zero-order chi connectivity index (χ0) is 26.3. The molecular formula is C25H30N2O7S. The molecule has 188 valence electrons. The van der Waals surface area contributed by atoms with Crippen LogP contribution in [0.3, 0.4) is 0 Å². The summed E-state index contributed by atoms with van der Waals surface area (Å²) in [6, 6.07) is 6.36. The second-order valence-corrected chi connectivity index (χ2v) is 11.2. The molecule has 0 radical (unpaired) electrons. The molecule has 35 heavy (non-hydrogen) atoms. The van der Waals surface area contributed by atoms with E-state index in [4.69, 9.17) is 14.2 Å². The van der Waals surface area contributed by atoms with Crippen molar-refractivity contribution in [3.8, 4) is 11.1 Å². The van der Waals surface area contributed by atoms with E-state index < -0.39 is 29.4 Å². The van der Waals surface area contributed by atoms with Crippen molar-refractivity contribution in [1.29, 1.82) is 0 Å². The third-order valence-corrected chi connectivity index (χ3v) is 5.96.